The molecule has 1 aromatic heterocycles. The summed E-state index contributed by atoms with van der Waals surface area (Å²) in [5, 5.41) is 3.41. The van der Waals surface area contributed by atoms with E-state index >= 15 is 0 Å². The maximum absolute atomic E-state index is 12.1. The summed E-state index contributed by atoms with van der Waals surface area (Å²) < 4.78 is 0. The molecule has 1 aliphatic heterocycles. The standard InChI is InChI=1S/C14H20ClN3O/c1-10-7-13(15)12(9-16-10)14(19)17-8-11-5-3-4-6-18(11)2/h7,9,11H,3-6,8H2,1-2H3,(H,17,19). The van der Waals surface area contributed by atoms with Crippen molar-refractivity contribution in [1.82, 2.24) is 15.2 Å². The first-order valence-electron chi connectivity index (χ1n) is 6.68. The topological polar surface area (TPSA) is 45.2 Å². The predicted molar refractivity (Wildman–Crippen MR) is 76.6 cm³/mol. The fourth-order valence-corrected chi connectivity index (χ4v) is 2.69. The van der Waals surface area contributed by atoms with E-state index in [0.29, 0.717) is 23.2 Å². The number of hydrogen-bond acceptors (Lipinski definition) is 3. The number of hydrogen-bond donors (Lipinski definition) is 1. The summed E-state index contributed by atoms with van der Waals surface area (Å²) in [6.45, 7) is 3.62. The summed E-state index contributed by atoms with van der Waals surface area (Å²) in [6, 6.07) is 2.14. The second-order valence-corrected chi connectivity index (χ2v) is 5.55. The van der Waals surface area contributed by atoms with Gasteiger partial charge in [0.15, 0.2) is 0 Å². The number of nitrogens with zero attached hydrogens (tertiary/aromatic N) is 2. The van der Waals surface area contributed by atoms with Gasteiger partial charge in [-0.3, -0.25) is 9.78 Å². The van der Waals surface area contributed by atoms with Gasteiger partial charge in [-0.2, -0.15) is 0 Å². The summed E-state index contributed by atoms with van der Waals surface area (Å²) in [6.07, 6.45) is 5.15. The molecule has 1 saturated heterocycles. The molecule has 1 N–H and O–H groups in total. The molecule has 4 nitrogen and oxygen atoms in total. The van der Waals surface area contributed by atoms with Gasteiger partial charge in [0.05, 0.1) is 10.6 Å². The van der Waals surface area contributed by atoms with E-state index in [1.807, 2.05) is 6.92 Å². The van der Waals surface area contributed by atoms with Crippen molar-refractivity contribution in [2.75, 3.05) is 20.1 Å². The third-order valence-electron chi connectivity index (χ3n) is 3.65. The number of carbonyl (C=O) groups is 1. The van der Waals surface area contributed by atoms with E-state index in [-0.39, 0.29) is 5.91 Å². The first kappa shape index (κ1) is 14.3. The van der Waals surface area contributed by atoms with Gasteiger partial charge in [0, 0.05) is 24.5 Å². The Bertz CT molecular complexity index is 464. The molecule has 0 saturated carbocycles. The molecule has 5 heteroatoms. The monoisotopic (exact) mass is 281 g/mol. The maximum atomic E-state index is 12.1. The number of likely N-dealkylation sites (tertiary alicyclic amines) is 1. The summed E-state index contributed by atoms with van der Waals surface area (Å²) in [5.74, 6) is -0.142. The number of piperidine rings is 1. The minimum Gasteiger partial charge on any atom is -0.350 e. The molecule has 104 valence electrons. The van der Waals surface area contributed by atoms with Crippen LogP contribution < -0.4 is 5.32 Å². The molecule has 1 amide bonds. The van der Waals surface area contributed by atoms with Crippen LogP contribution in [0.25, 0.3) is 0 Å². The van der Waals surface area contributed by atoms with E-state index in [4.69, 9.17) is 11.6 Å². The van der Waals surface area contributed by atoms with Crippen molar-refractivity contribution in [3.05, 3.63) is 28.5 Å². The van der Waals surface area contributed by atoms with Crippen molar-refractivity contribution < 1.29 is 4.79 Å². The molecule has 2 rings (SSSR count). The average molecular weight is 282 g/mol. The number of likely N-dealkylation sites (N-methyl/N-ethyl adjacent to an activating group) is 1. The summed E-state index contributed by atoms with van der Waals surface area (Å²) in [7, 11) is 2.11. The Hall–Kier alpha value is -1.13. The average Bonchev–Trinajstić information content (AvgIpc) is 2.37. The molecular weight excluding hydrogens is 262 g/mol. The van der Waals surface area contributed by atoms with Crippen LogP contribution in [-0.4, -0.2) is 42.0 Å². The van der Waals surface area contributed by atoms with E-state index in [0.717, 1.165) is 18.7 Å². The van der Waals surface area contributed by atoms with Gasteiger partial charge in [-0.15, -0.1) is 0 Å². The molecule has 0 radical (unpaired) electrons. The quantitative estimate of drug-likeness (QED) is 0.924. The molecule has 2 heterocycles. The smallest absolute Gasteiger partial charge is 0.254 e. The number of amides is 1. The zero-order valence-corrected chi connectivity index (χ0v) is 12.2. The van der Waals surface area contributed by atoms with Gasteiger partial charge in [0.25, 0.3) is 5.91 Å². The summed E-state index contributed by atoms with van der Waals surface area (Å²) in [4.78, 5) is 18.5. The van der Waals surface area contributed by atoms with Gasteiger partial charge in [0.2, 0.25) is 0 Å². The largest absolute Gasteiger partial charge is 0.350 e. The number of rotatable bonds is 3. The Morgan fingerprint density at radius 1 is 1.58 bits per heavy atom. The number of pyridine rings is 1. The van der Waals surface area contributed by atoms with Crippen LogP contribution >= 0.6 is 11.6 Å². The van der Waals surface area contributed by atoms with Crippen LogP contribution in [-0.2, 0) is 0 Å². The lowest BCUT2D eigenvalue weighted by Gasteiger charge is -2.32. The normalized spacial score (nSPS) is 20.3. The molecule has 1 aromatic rings. The summed E-state index contributed by atoms with van der Waals surface area (Å²) >= 11 is 6.06. The van der Waals surface area contributed by atoms with Crippen molar-refractivity contribution in [3.63, 3.8) is 0 Å². The number of aryl methyl sites for hydroxylation is 1. The van der Waals surface area contributed by atoms with Crippen molar-refractivity contribution in [1.29, 1.82) is 0 Å². The van der Waals surface area contributed by atoms with Crippen molar-refractivity contribution in [2.45, 2.75) is 32.2 Å². The van der Waals surface area contributed by atoms with Crippen molar-refractivity contribution >= 4 is 17.5 Å². The van der Waals surface area contributed by atoms with Crippen molar-refractivity contribution in [2.24, 2.45) is 0 Å². The first-order valence-corrected chi connectivity index (χ1v) is 7.06. The molecule has 1 atom stereocenters. The van der Waals surface area contributed by atoms with Crippen LogP contribution in [0.3, 0.4) is 0 Å². The van der Waals surface area contributed by atoms with E-state index < -0.39 is 0 Å². The zero-order chi connectivity index (χ0) is 13.8. The minimum absolute atomic E-state index is 0.142. The van der Waals surface area contributed by atoms with Crippen LogP contribution in [0.2, 0.25) is 5.02 Å². The Kier molecular flexibility index (Phi) is 4.77. The van der Waals surface area contributed by atoms with E-state index in [1.165, 1.54) is 19.0 Å². The number of nitrogens with one attached hydrogen (secondary N) is 1. The third-order valence-corrected chi connectivity index (χ3v) is 3.97. The van der Waals surface area contributed by atoms with E-state index in [9.17, 15) is 4.79 Å². The van der Waals surface area contributed by atoms with Gasteiger partial charge >= 0.3 is 0 Å². The highest BCUT2D eigenvalue weighted by molar-refractivity contribution is 6.33. The molecule has 0 aromatic carbocycles. The van der Waals surface area contributed by atoms with Crippen LogP contribution in [0, 0.1) is 6.92 Å². The maximum Gasteiger partial charge on any atom is 0.254 e. The van der Waals surface area contributed by atoms with Crippen LogP contribution in [0.15, 0.2) is 12.3 Å². The molecule has 1 aliphatic rings. The third kappa shape index (κ3) is 3.67. The zero-order valence-electron chi connectivity index (χ0n) is 11.4. The fourth-order valence-electron chi connectivity index (χ4n) is 2.40. The lowest BCUT2D eigenvalue weighted by atomic mass is 10.0. The van der Waals surface area contributed by atoms with Crippen LogP contribution in [0.5, 0.6) is 0 Å². The number of carbonyl (C=O) groups excluding carboxylic acids is 1. The lowest BCUT2D eigenvalue weighted by Crippen LogP contribution is -2.44. The van der Waals surface area contributed by atoms with Gasteiger partial charge in [-0.1, -0.05) is 18.0 Å². The van der Waals surface area contributed by atoms with Gasteiger partial charge in [-0.25, -0.2) is 0 Å². The lowest BCUT2D eigenvalue weighted by molar-refractivity contribution is 0.0928. The Labute approximate surface area is 119 Å². The molecule has 1 fully saturated rings. The highest BCUT2D eigenvalue weighted by Gasteiger charge is 2.20. The molecule has 1 unspecified atom stereocenters. The fraction of sp³-hybridized carbons (Fsp3) is 0.571. The molecule has 19 heavy (non-hydrogen) atoms. The van der Waals surface area contributed by atoms with Crippen LogP contribution in [0.1, 0.15) is 35.3 Å². The highest BCUT2D eigenvalue weighted by atomic mass is 35.5. The SMILES string of the molecule is Cc1cc(Cl)c(C(=O)NCC2CCCCN2C)cn1. The van der Waals surface area contributed by atoms with Gasteiger partial charge in [-0.05, 0) is 39.4 Å². The molecule has 0 aliphatic carbocycles. The second-order valence-electron chi connectivity index (χ2n) is 5.15. The van der Waals surface area contributed by atoms with Gasteiger partial charge in [0.1, 0.15) is 0 Å². The molecular formula is C14H20ClN3O. The van der Waals surface area contributed by atoms with Crippen LogP contribution in [0.4, 0.5) is 0 Å². The predicted octanol–water partition coefficient (Wildman–Crippen LogP) is 2.26. The van der Waals surface area contributed by atoms with Crippen molar-refractivity contribution in [3.8, 4) is 0 Å². The number of aromatic nitrogens is 1. The first-order chi connectivity index (χ1) is 9.08. The summed E-state index contributed by atoms with van der Waals surface area (Å²) in [5.41, 5.74) is 1.26. The molecule has 0 spiro atoms. The van der Waals surface area contributed by atoms with Gasteiger partial charge < -0.3 is 10.2 Å². The van der Waals surface area contributed by atoms with E-state index in [2.05, 4.69) is 22.2 Å². The number of halogens is 1. The van der Waals surface area contributed by atoms with E-state index in [1.54, 1.807) is 6.07 Å². The highest BCUT2D eigenvalue weighted by Crippen LogP contribution is 2.17. The Morgan fingerprint density at radius 3 is 3.05 bits per heavy atom. The second kappa shape index (κ2) is 6.35. The Morgan fingerprint density at radius 2 is 2.37 bits per heavy atom. The molecule has 0 bridgehead atoms. The Balaban J connectivity index is 1.93. The minimum atomic E-state index is -0.142.